The zero-order valence-electron chi connectivity index (χ0n) is 15.6. The number of rotatable bonds is 5. The average molecular weight is 484 g/mol. The van der Waals surface area contributed by atoms with Crippen molar-refractivity contribution >= 4 is 29.9 Å². The molecule has 1 fully saturated rings. The number of aliphatic imine (C=N–C) groups is 1. The number of nitrogens with one attached hydrogen (secondary N) is 2. The molecule has 2 N–H and O–H groups in total. The van der Waals surface area contributed by atoms with E-state index in [1.165, 1.54) is 32.1 Å². The third-order valence-corrected chi connectivity index (χ3v) is 5.30. The maximum Gasteiger partial charge on any atom is 0.191 e. The molecule has 1 atom stereocenters. The van der Waals surface area contributed by atoms with Gasteiger partial charge in [-0.15, -0.1) is 24.0 Å². The van der Waals surface area contributed by atoms with E-state index in [0.717, 1.165) is 49.9 Å². The van der Waals surface area contributed by atoms with E-state index in [0.29, 0.717) is 12.1 Å². The lowest BCUT2D eigenvalue weighted by atomic mass is 9.96. The molecule has 0 bridgehead atoms. The molecule has 1 unspecified atom stereocenters. The summed E-state index contributed by atoms with van der Waals surface area (Å²) in [6, 6.07) is 4.80. The van der Waals surface area contributed by atoms with E-state index in [1.54, 1.807) is 12.6 Å². The van der Waals surface area contributed by atoms with Gasteiger partial charge in [0.2, 0.25) is 0 Å². The molecule has 1 aliphatic carbocycles. The predicted octanol–water partition coefficient (Wildman–Crippen LogP) is 2.91. The predicted molar refractivity (Wildman–Crippen MR) is 115 cm³/mol. The largest absolute Gasteiger partial charge is 0.469 e. The summed E-state index contributed by atoms with van der Waals surface area (Å²) in [4.78, 5) is 9.13. The molecule has 4 rings (SSSR count). The van der Waals surface area contributed by atoms with Gasteiger partial charge in [0.25, 0.3) is 0 Å². The first-order valence-electron chi connectivity index (χ1n) is 9.83. The van der Waals surface area contributed by atoms with Gasteiger partial charge in [-0.3, -0.25) is 4.99 Å². The number of aryl methyl sites for hydroxylation is 1. The summed E-state index contributed by atoms with van der Waals surface area (Å²) in [5.41, 5.74) is 0. The molecule has 2 aliphatic rings. The number of halogens is 1. The quantitative estimate of drug-likeness (QED) is 0.388. The highest BCUT2D eigenvalue weighted by Gasteiger charge is 2.22. The number of guanidine groups is 1. The highest BCUT2D eigenvalue weighted by molar-refractivity contribution is 14.0. The van der Waals surface area contributed by atoms with Crippen LogP contribution < -0.4 is 10.6 Å². The van der Waals surface area contributed by atoms with Crippen LogP contribution in [0, 0.1) is 0 Å². The summed E-state index contributed by atoms with van der Waals surface area (Å²) in [7, 11) is 0. The number of fused-ring (bicyclic) bond motifs is 1. The molecule has 0 spiro atoms. The van der Waals surface area contributed by atoms with Crippen molar-refractivity contribution in [3.8, 4) is 0 Å². The lowest BCUT2D eigenvalue weighted by Crippen LogP contribution is -2.50. The van der Waals surface area contributed by atoms with Crippen molar-refractivity contribution in [1.82, 2.24) is 25.4 Å². The minimum atomic E-state index is 0. The van der Waals surface area contributed by atoms with Gasteiger partial charge < -0.3 is 15.1 Å². The number of nitrogens with zero attached hydrogens (tertiary/aromatic N) is 4. The number of hydrogen-bond acceptors (Lipinski definition) is 4. The third kappa shape index (κ3) is 5.70. The Morgan fingerprint density at radius 3 is 2.85 bits per heavy atom. The van der Waals surface area contributed by atoms with Crippen LogP contribution in [0.3, 0.4) is 0 Å². The lowest BCUT2D eigenvalue weighted by molar-refractivity contribution is 0.379. The van der Waals surface area contributed by atoms with Gasteiger partial charge in [-0.05, 0) is 31.4 Å². The molecule has 0 aromatic carbocycles. The van der Waals surface area contributed by atoms with Gasteiger partial charge >= 0.3 is 0 Å². The van der Waals surface area contributed by atoms with E-state index in [2.05, 4.69) is 20.7 Å². The number of hydrogen-bond donors (Lipinski definition) is 2. The minimum Gasteiger partial charge on any atom is -0.469 e. The fourth-order valence-electron chi connectivity index (χ4n) is 3.85. The van der Waals surface area contributed by atoms with Crippen LogP contribution in [0.2, 0.25) is 0 Å². The molecule has 0 saturated heterocycles. The average Bonchev–Trinajstić information content (AvgIpc) is 3.33. The number of furan rings is 1. The van der Waals surface area contributed by atoms with Crippen molar-refractivity contribution in [3.63, 3.8) is 0 Å². The minimum absolute atomic E-state index is 0. The van der Waals surface area contributed by atoms with Gasteiger partial charge in [-0.1, -0.05) is 19.3 Å². The third-order valence-electron chi connectivity index (χ3n) is 5.30. The Balaban J connectivity index is 0.00000210. The summed E-state index contributed by atoms with van der Waals surface area (Å²) in [6.45, 7) is 1.57. The Bertz CT molecular complexity index is 708. The van der Waals surface area contributed by atoms with E-state index in [4.69, 9.17) is 9.41 Å². The summed E-state index contributed by atoms with van der Waals surface area (Å²) in [6.07, 6.45) is 12.6. The number of aromatic nitrogens is 3. The fraction of sp³-hybridized carbons (Fsp3) is 0.632. The fourth-order valence-corrected chi connectivity index (χ4v) is 3.85. The van der Waals surface area contributed by atoms with Crippen LogP contribution in [0.15, 0.2) is 34.1 Å². The second-order valence-corrected chi connectivity index (χ2v) is 7.28. The van der Waals surface area contributed by atoms with Crippen molar-refractivity contribution in [2.45, 2.75) is 70.0 Å². The second kappa shape index (κ2) is 10.1. The summed E-state index contributed by atoms with van der Waals surface area (Å²) >= 11 is 0. The van der Waals surface area contributed by atoms with Crippen LogP contribution in [0.5, 0.6) is 0 Å². The van der Waals surface area contributed by atoms with Crippen LogP contribution >= 0.6 is 24.0 Å². The molecule has 0 radical (unpaired) electrons. The maximum atomic E-state index is 5.42. The van der Waals surface area contributed by atoms with E-state index in [9.17, 15) is 0 Å². The van der Waals surface area contributed by atoms with Gasteiger partial charge in [0, 0.05) is 31.5 Å². The standard InChI is InChI=1S/C19H28N6O.HI/c1-2-5-15(6-3-1)23-19(20-11-10-17-7-4-12-26-17)24-16-8-9-18-21-14-22-25(18)13-16;/h4,7,12,14-16H,1-3,5-6,8-11,13H2,(H2,20,23,24);1H. The topological polar surface area (TPSA) is 80.3 Å². The smallest absolute Gasteiger partial charge is 0.191 e. The van der Waals surface area contributed by atoms with Gasteiger partial charge in [-0.2, -0.15) is 5.10 Å². The molecule has 1 aliphatic heterocycles. The molecule has 0 amide bonds. The van der Waals surface area contributed by atoms with Gasteiger partial charge in [-0.25, -0.2) is 9.67 Å². The first kappa shape index (κ1) is 20.2. The molecule has 7 nitrogen and oxygen atoms in total. The normalized spacial score (nSPS) is 20.6. The summed E-state index contributed by atoms with van der Waals surface area (Å²) < 4.78 is 7.42. The van der Waals surface area contributed by atoms with Crippen LogP contribution in [0.1, 0.15) is 50.1 Å². The second-order valence-electron chi connectivity index (χ2n) is 7.28. The van der Waals surface area contributed by atoms with E-state index in [-0.39, 0.29) is 24.0 Å². The zero-order valence-corrected chi connectivity index (χ0v) is 18.0. The molecule has 148 valence electrons. The highest BCUT2D eigenvalue weighted by Crippen LogP contribution is 2.17. The monoisotopic (exact) mass is 484 g/mol. The Morgan fingerprint density at radius 2 is 2.04 bits per heavy atom. The first-order valence-corrected chi connectivity index (χ1v) is 9.83. The molecule has 2 aromatic rings. The molecule has 2 aromatic heterocycles. The van der Waals surface area contributed by atoms with Gasteiger partial charge in [0.05, 0.1) is 12.8 Å². The van der Waals surface area contributed by atoms with Gasteiger partial charge in [0.1, 0.15) is 17.9 Å². The van der Waals surface area contributed by atoms with Crippen molar-refractivity contribution in [2.24, 2.45) is 4.99 Å². The lowest BCUT2D eigenvalue weighted by Gasteiger charge is -2.29. The maximum absolute atomic E-state index is 5.42. The molecule has 27 heavy (non-hydrogen) atoms. The first-order chi connectivity index (χ1) is 12.9. The van der Waals surface area contributed by atoms with Crippen LogP contribution in [-0.2, 0) is 19.4 Å². The molecule has 8 heteroatoms. The van der Waals surface area contributed by atoms with E-state index in [1.807, 2.05) is 16.8 Å². The van der Waals surface area contributed by atoms with Crippen molar-refractivity contribution in [3.05, 3.63) is 36.3 Å². The molecule has 3 heterocycles. The highest BCUT2D eigenvalue weighted by atomic mass is 127. The van der Waals surface area contributed by atoms with Crippen molar-refractivity contribution in [1.29, 1.82) is 0 Å². The Kier molecular flexibility index (Phi) is 7.54. The van der Waals surface area contributed by atoms with Crippen LogP contribution in [-0.4, -0.2) is 39.4 Å². The zero-order chi connectivity index (χ0) is 17.6. The van der Waals surface area contributed by atoms with E-state index < -0.39 is 0 Å². The Hall–Kier alpha value is -1.58. The Morgan fingerprint density at radius 1 is 1.19 bits per heavy atom. The molecule has 1 saturated carbocycles. The summed E-state index contributed by atoms with van der Waals surface area (Å²) in [5, 5.41) is 11.6. The van der Waals surface area contributed by atoms with E-state index >= 15 is 0 Å². The van der Waals surface area contributed by atoms with Crippen LogP contribution in [0.25, 0.3) is 0 Å². The Labute approximate surface area is 177 Å². The molecular weight excluding hydrogens is 455 g/mol. The summed E-state index contributed by atoms with van der Waals surface area (Å²) in [5.74, 6) is 2.99. The van der Waals surface area contributed by atoms with Crippen LogP contribution in [0.4, 0.5) is 0 Å². The van der Waals surface area contributed by atoms with Crippen molar-refractivity contribution in [2.75, 3.05) is 6.54 Å². The van der Waals surface area contributed by atoms with Crippen molar-refractivity contribution < 1.29 is 4.42 Å². The SMILES string of the molecule is I.c1coc(CCN=C(NC2CCCCC2)NC2CCc3ncnn3C2)c1. The molecular formula is C19H29IN6O. The van der Waals surface area contributed by atoms with Gasteiger partial charge in [0.15, 0.2) is 5.96 Å².